The molecule has 6 aromatic rings. The van der Waals surface area contributed by atoms with Gasteiger partial charge in [0, 0.05) is 46.0 Å². The molecule has 13 heteroatoms. The van der Waals surface area contributed by atoms with Crippen LogP contribution in [0.25, 0.3) is 22.3 Å². The van der Waals surface area contributed by atoms with Crippen LogP contribution in [0.15, 0.2) is 131 Å². The fraction of sp³-hybridized carbons (Fsp3) is 0.0769. The summed E-state index contributed by atoms with van der Waals surface area (Å²) in [6, 6.07) is 27.7. The minimum atomic E-state index is -5.97. The summed E-state index contributed by atoms with van der Waals surface area (Å²) in [5.74, 6) is -0.208. The molecule has 6 nitrogen and oxygen atoms in total. The molecule has 0 fully saturated rings. The first-order valence-corrected chi connectivity index (χ1v) is 16.4. The first kappa shape index (κ1) is 34.5. The number of anilines is 4. The van der Waals surface area contributed by atoms with Crippen molar-refractivity contribution >= 4 is 34.5 Å². The van der Waals surface area contributed by atoms with Gasteiger partial charge in [0.25, 0.3) is 0 Å². The second-order valence-corrected chi connectivity index (χ2v) is 13.1. The van der Waals surface area contributed by atoms with E-state index in [1.165, 1.54) is 60.7 Å². The smallest absolute Gasteiger partial charge is 0.411 e. The summed E-state index contributed by atoms with van der Waals surface area (Å²) in [6.07, 6.45) is -11.9. The van der Waals surface area contributed by atoms with Gasteiger partial charge in [0.15, 0.2) is 5.75 Å². The molecule has 264 valence electrons. The fourth-order valence-corrected chi connectivity index (χ4v) is 7.61. The number of hydrogen-bond acceptors (Lipinski definition) is 7. The van der Waals surface area contributed by atoms with Gasteiger partial charge in [0.05, 0.1) is 9.79 Å². The van der Waals surface area contributed by atoms with Gasteiger partial charge < -0.3 is 32.4 Å². The van der Waals surface area contributed by atoms with Crippen LogP contribution in [-0.4, -0.2) is 12.4 Å². The summed E-state index contributed by atoms with van der Waals surface area (Å²) in [5.41, 5.74) is 18.2. The van der Waals surface area contributed by atoms with Crippen molar-refractivity contribution in [1.82, 2.24) is 0 Å². The maximum atomic E-state index is 16.1. The van der Waals surface area contributed by atoms with Crippen molar-refractivity contribution in [2.24, 2.45) is 0 Å². The molecule has 0 saturated carbocycles. The van der Waals surface area contributed by atoms with Crippen LogP contribution >= 0.6 is 11.8 Å². The van der Waals surface area contributed by atoms with E-state index in [-0.39, 0.29) is 72.9 Å². The highest BCUT2D eigenvalue weighted by Crippen LogP contribution is 2.70. The highest BCUT2D eigenvalue weighted by Gasteiger charge is 2.74. The third-order valence-corrected chi connectivity index (χ3v) is 9.80. The molecule has 1 aliphatic rings. The van der Waals surface area contributed by atoms with Gasteiger partial charge in [-0.2, -0.15) is 26.3 Å². The lowest BCUT2D eigenvalue weighted by Crippen LogP contribution is -2.55. The Labute approximate surface area is 298 Å². The molecule has 0 aromatic heterocycles. The van der Waals surface area contributed by atoms with Crippen molar-refractivity contribution in [2.75, 3.05) is 22.9 Å². The largest absolute Gasteiger partial charge is 0.457 e. The topological polar surface area (TPSA) is 123 Å². The van der Waals surface area contributed by atoms with Crippen LogP contribution in [0.4, 0.5) is 49.1 Å². The molecule has 1 heterocycles. The minimum Gasteiger partial charge on any atom is -0.457 e. The van der Waals surface area contributed by atoms with Gasteiger partial charge in [-0.25, -0.2) is 0 Å². The lowest BCUT2D eigenvalue weighted by Gasteiger charge is -2.44. The van der Waals surface area contributed by atoms with Crippen LogP contribution in [-0.2, 0) is 5.41 Å². The van der Waals surface area contributed by atoms with E-state index in [1.54, 1.807) is 42.5 Å². The summed E-state index contributed by atoms with van der Waals surface area (Å²) < 4.78 is 109. The Morgan fingerprint density at radius 2 is 0.981 bits per heavy atom. The molecule has 7 rings (SSSR count). The molecule has 6 aromatic carbocycles. The summed E-state index contributed by atoms with van der Waals surface area (Å²) in [7, 11) is 0. The van der Waals surface area contributed by atoms with Gasteiger partial charge in [0.1, 0.15) is 17.2 Å². The lowest BCUT2D eigenvalue weighted by atomic mass is 9.68. The van der Waals surface area contributed by atoms with E-state index < -0.39 is 28.9 Å². The number of fused-ring (bicyclic) bond motifs is 2. The molecule has 2 bridgehead atoms. The van der Waals surface area contributed by atoms with Gasteiger partial charge in [0.2, 0.25) is 5.41 Å². The zero-order chi connectivity index (χ0) is 37.0. The van der Waals surface area contributed by atoms with E-state index in [4.69, 9.17) is 32.4 Å². The molecule has 1 aliphatic heterocycles. The van der Waals surface area contributed by atoms with Gasteiger partial charge in [-0.1, -0.05) is 60.3 Å². The molecule has 0 aliphatic carbocycles. The highest BCUT2D eigenvalue weighted by atomic mass is 32.2. The molecule has 0 amide bonds. The predicted molar refractivity (Wildman–Crippen MR) is 191 cm³/mol. The zero-order valence-corrected chi connectivity index (χ0v) is 27.7. The second-order valence-electron chi connectivity index (χ2n) is 12.1. The molecular weight excluding hydrogens is 703 g/mol. The maximum Gasteiger partial charge on any atom is 0.411 e. The average Bonchev–Trinajstić information content (AvgIpc) is 3.06. The van der Waals surface area contributed by atoms with Gasteiger partial charge in [-0.05, 0) is 82.9 Å². The Bertz CT molecular complexity index is 2310. The van der Waals surface area contributed by atoms with Crippen LogP contribution in [0.3, 0.4) is 0 Å². The van der Waals surface area contributed by atoms with Gasteiger partial charge in [-0.15, -0.1) is 0 Å². The Hall–Kier alpha value is -5.95. The number of halogens is 6. The average molecular weight is 731 g/mol. The molecule has 52 heavy (non-hydrogen) atoms. The fourth-order valence-electron chi connectivity index (χ4n) is 6.41. The molecular formula is C39H28F6N4O2S. The molecule has 0 saturated heterocycles. The van der Waals surface area contributed by atoms with Crippen LogP contribution in [0.1, 0.15) is 11.1 Å². The summed E-state index contributed by atoms with van der Waals surface area (Å²) in [4.78, 5) is -0.0377. The van der Waals surface area contributed by atoms with E-state index in [9.17, 15) is 0 Å². The number of nitrogens with two attached hydrogens (primary N) is 4. The number of benzene rings is 6. The Kier molecular flexibility index (Phi) is 8.41. The van der Waals surface area contributed by atoms with Crippen molar-refractivity contribution in [1.29, 1.82) is 0 Å². The molecule has 0 radical (unpaired) electrons. The van der Waals surface area contributed by atoms with E-state index >= 15 is 26.3 Å². The number of hydrogen-bond donors (Lipinski definition) is 4. The van der Waals surface area contributed by atoms with Crippen LogP contribution < -0.4 is 32.4 Å². The maximum absolute atomic E-state index is 16.1. The number of ether oxygens (including phenoxy) is 2. The summed E-state index contributed by atoms with van der Waals surface area (Å²) >= 11 is 0.762. The van der Waals surface area contributed by atoms with Crippen molar-refractivity contribution in [2.45, 2.75) is 27.6 Å². The minimum absolute atomic E-state index is 0.0602. The third-order valence-electron chi connectivity index (χ3n) is 8.61. The zero-order valence-electron chi connectivity index (χ0n) is 26.8. The second kappa shape index (κ2) is 12.7. The number of alkyl halides is 6. The molecule has 8 N–H and O–H groups in total. The lowest BCUT2D eigenvalue weighted by molar-refractivity contribution is -0.289. The SMILES string of the molecule is Nc1ccc(-c2c(-c3cccc(N)c3)c3c(Oc4cccc(N)c4)c(c2C(c2cccc(Oc4cccc(N)c4)c2)(C(F)(F)F)C(F)(F)F)S3)cc1. The summed E-state index contributed by atoms with van der Waals surface area (Å²) in [5, 5.41) is 0. The highest BCUT2D eigenvalue weighted by molar-refractivity contribution is 8.01. The van der Waals surface area contributed by atoms with E-state index in [1.807, 2.05) is 0 Å². The summed E-state index contributed by atoms with van der Waals surface area (Å²) in [6.45, 7) is 0. The molecule has 0 unspecified atom stereocenters. The van der Waals surface area contributed by atoms with E-state index in [0.717, 1.165) is 30.0 Å². The molecule has 0 spiro atoms. The van der Waals surface area contributed by atoms with E-state index in [0.29, 0.717) is 4.90 Å². The quantitative estimate of drug-likeness (QED) is 0.0907. The monoisotopic (exact) mass is 730 g/mol. The molecule has 0 atom stereocenters. The number of nitrogen functional groups attached to an aromatic ring is 4. The van der Waals surface area contributed by atoms with Crippen LogP contribution in [0.5, 0.6) is 23.0 Å². The van der Waals surface area contributed by atoms with Crippen LogP contribution in [0.2, 0.25) is 0 Å². The number of rotatable bonds is 8. The van der Waals surface area contributed by atoms with Crippen molar-refractivity contribution in [3.8, 4) is 45.3 Å². The van der Waals surface area contributed by atoms with Gasteiger partial charge >= 0.3 is 12.4 Å². The van der Waals surface area contributed by atoms with Gasteiger partial charge in [-0.3, -0.25) is 0 Å². The first-order chi connectivity index (χ1) is 24.7. The standard InChI is InChI=1S/C39H28F6N4O2S/c40-38(41,42)37(39(43,44)45,23-6-2-10-28(18-23)50-29-11-3-8-26(48)19-29)33-31(21-13-15-24(46)16-14-21)32(22-5-1-7-25(47)17-22)35-34(36(33)52-35)51-30-12-4-9-27(49)20-30/h1-20H,46-49H2. The van der Waals surface area contributed by atoms with Crippen molar-refractivity contribution in [3.63, 3.8) is 0 Å². The Balaban J connectivity index is 1.62. The van der Waals surface area contributed by atoms with Crippen LogP contribution in [0, 0.1) is 0 Å². The van der Waals surface area contributed by atoms with E-state index in [2.05, 4.69) is 0 Å². The third kappa shape index (κ3) is 5.86. The first-order valence-electron chi connectivity index (χ1n) is 15.6. The normalized spacial score (nSPS) is 12.7. The Morgan fingerprint density at radius 1 is 0.462 bits per heavy atom. The Morgan fingerprint density at radius 3 is 1.54 bits per heavy atom. The predicted octanol–water partition coefficient (Wildman–Crippen LogP) is 10.8. The van der Waals surface area contributed by atoms with Crippen molar-refractivity contribution in [3.05, 3.63) is 132 Å². The van der Waals surface area contributed by atoms with Crippen molar-refractivity contribution < 1.29 is 35.8 Å².